The number of aromatic nitrogens is 2. The van der Waals surface area contributed by atoms with E-state index >= 15 is 0 Å². The fourth-order valence-electron chi connectivity index (χ4n) is 2.65. The Kier molecular flexibility index (Phi) is 4.14. The van der Waals surface area contributed by atoms with Gasteiger partial charge in [-0.3, -0.25) is 9.78 Å². The number of carbonyl (C=O) groups excluding carboxylic acids is 1. The first kappa shape index (κ1) is 14.3. The lowest BCUT2D eigenvalue weighted by Crippen LogP contribution is -2.35. The van der Waals surface area contributed by atoms with Crippen molar-refractivity contribution in [2.75, 3.05) is 24.5 Å². The predicted molar refractivity (Wildman–Crippen MR) is 85.6 cm³/mol. The third-order valence-electron chi connectivity index (χ3n) is 3.73. The minimum atomic E-state index is 0.0256. The Morgan fingerprint density at radius 1 is 1.23 bits per heavy atom. The van der Waals surface area contributed by atoms with Gasteiger partial charge in [-0.05, 0) is 18.2 Å². The SMILES string of the molecule is C=CCN1CCN(C(=O)c2ccncc2)Cc2cccnc21. The normalized spacial score (nSPS) is 14.2. The number of pyridine rings is 2. The number of fused-ring (bicyclic) bond motifs is 1. The van der Waals surface area contributed by atoms with Crippen LogP contribution in [0.25, 0.3) is 0 Å². The fraction of sp³-hybridized carbons (Fsp3) is 0.235. The van der Waals surface area contributed by atoms with E-state index < -0.39 is 0 Å². The van der Waals surface area contributed by atoms with Gasteiger partial charge in [-0.15, -0.1) is 6.58 Å². The van der Waals surface area contributed by atoms with Gasteiger partial charge in [0.25, 0.3) is 5.91 Å². The standard InChI is InChI=1S/C17H18N4O/c1-2-10-20-11-12-21(13-15-4-3-7-19-16(15)20)17(22)14-5-8-18-9-6-14/h2-9H,1,10-13H2. The van der Waals surface area contributed by atoms with Crippen LogP contribution in [0.1, 0.15) is 15.9 Å². The molecule has 0 aliphatic carbocycles. The second-order valence-corrected chi connectivity index (χ2v) is 5.18. The molecule has 0 unspecified atom stereocenters. The van der Waals surface area contributed by atoms with E-state index in [-0.39, 0.29) is 5.91 Å². The van der Waals surface area contributed by atoms with Crippen LogP contribution in [0.4, 0.5) is 5.82 Å². The summed E-state index contributed by atoms with van der Waals surface area (Å²) in [7, 11) is 0. The summed E-state index contributed by atoms with van der Waals surface area (Å²) in [5.74, 6) is 0.963. The predicted octanol–water partition coefficient (Wildman–Crippen LogP) is 2.12. The molecule has 0 N–H and O–H groups in total. The Labute approximate surface area is 129 Å². The fourth-order valence-corrected chi connectivity index (χ4v) is 2.65. The third-order valence-corrected chi connectivity index (χ3v) is 3.73. The van der Waals surface area contributed by atoms with Crippen LogP contribution in [0.15, 0.2) is 55.5 Å². The molecule has 3 rings (SSSR count). The summed E-state index contributed by atoms with van der Waals surface area (Å²) in [6.07, 6.45) is 6.93. The molecule has 1 aliphatic rings. The molecule has 1 amide bonds. The number of hydrogen-bond donors (Lipinski definition) is 0. The molecule has 0 fully saturated rings. The van der Waals surface area contributed by atoms with Crippen molar-refractivity contribution >= 4 is 11.7 Å². The molecule has 2 aromatic rings. The maximum atomic E-state index is 12.7. The molecule has 0 atom stereocenters. The van der Waals surface area contributed by atoms with Gasteiger partial charge in [0.05, 0.1) is 0 Å². The Hall–Kier alpha value is -2.69. The minimum Gasteiger partial charge on any atom is -0.351 e. The van der Waals surface area contributed by atoms with Crippen molar-refractivity contribution in [1.82, 2.24) is 14.9 Å². The van der Waals surface area contributed by atoms with Gasteiger partial charge >= 0.3 is 0 Å². The molecule has 3 heterocycles. The lowest BCUT2D eigenvalue weighted by atomic mass is 10.2. The molecule has 0 aromatic carbocycles. The highest BCUT2D eigenvalue weighted by molar-refractivity contribution is 5.94. The zero-order chi connectivity index (χ0) is 15.4. The van der Waals surface area contributed by atoms with Crippen LogP contribution in [0.2, 0.25) is 0 Å². The van der Waals surface area contributed by atoms with Gasteiger partial charge in [-0.1, -0.05) is 12.1 Å². The first-order chi connectivity index (χ1) is 10.8. The molecule has 2 aromatic heterocycles. The molecule has 0 bridgehead atoms. The quantitative estimate of drug-likeness (QED) is 0.814. The Balaban J connectivity index is 1.88. The van der Waals surface area contributed by atoms with Gasteiger partial charge in [-0.2, -0.15) is 0 Å². The summed E-state index contributed by atoms with van der Waals surface area (Å²) in [6.45, 7) is 6.50. The van der Waals surface area contributed by atoms with Crippen molar-refractivity contribution in [1.29, 1.82) is 0 Å². The van der Waals surface area contributed by atoms with Crippen LogP contribution in [0, 0.1) is 0 Å². The molecule has 0 spiro atoms. The number of anilines is 1. The molecule has 22 heavy (non-hydrogen) atoms. The zero-order valence-electron chi connectivity index (χ0n) is 12.4. The summed E-state index contributed by atoms with van der Waals surface area (Å²) in [6, 6.07) is 7.43. The highest BCUT2D eigenvalue weighted by Gasteiger charge is 2.23. The smallest absolute Gasteiger partial charge is 0.254 e. The maximum absolute atomic E-state index is 12.7. The first-order valence-electron chi connectivity index (χ1n) is 7.28. The topological polar surface area (TPSA) is 49.3 Å². The lowest BCUT2D eigenvalue weighted by molar-refractivity contribution is 0.0751. The van der Waals surface area contributed by atoms with Gasteiger partial charge in [0.2, 0.25) is 0 Å². The molecule has 1 aliphatic heterocycles. The molecule has 5 heteroatoms. The van der Waals surface area contributed by atoms with E-state index in [1.54, 1.807) is 30.7 Å². The molecule has 0 radical (unpaired) electrons. The number of amides is 1. The van der Waals surface area contributed by atoms with Crippen LogP contribution >= 0.6 is 0 Å². The van der Waals surface area contributed by atoms with Gasteiger partial charge in [0.15, 0.2) is 0 Å². The van der Waals surface area contributed by atoms with E-state index in [4.69, 9.17) is 0 Å². The Bertz CT molecular complexity index is 671. The number of carbonyl (C=O) groups is 1. The van der Waals surface area contributed by atoms with Crippen molar-refractivity contribution in [3.8, 4) is 0 Å². The van der Waals surface area contributed by atoms with Crippen molar-refractivity contribution in [3.05, 3.63) is 66.6 Å². The number of rotatable bonds is 3. The number of nitrogens with zero attached hydrogens (tertiary/aromatic N) is 4. The molecule has 112 valence electrons. The van der Waals surface area contributed by atoms with Crippen molar-refractivity contribution in [2.24, 2.45) is 0 Å². The van der Waals surface area contributed by atoms with Crippen LogP contribution < -0.4 is 4.90 Å². The molecule has 5 nitrogen and oxygen atoms in total. The summed E-state index contributed by atoms with van der Waals surface area (Å²) >= 11 is 0. The largest absolute Gasteiger partial charge is 0.351 e. The average molecular weight is 294 g/mol. The Morgan fingerprint density at radius 3 is 2.82 bits per heavy atom. The van der Waals surface area contributed by atoms with E-state index in [1.165, 1.54) is 0 Å². The second kappa shape index (κ2) is 6.39. The molecular weight excluding hydrogens is 276 g/mol. The Morgan fingerprint density at radius 2 is 2.05 bits per heavy atom. The summed E-state index contributed by atoms with van der Waals surface area (Å²) in [5, 5.41) is 0. The zero-order valence-corrected chi connectivity index (χ0v) is 12.4. The third kappa shape index (κ3) is 2.83. The van der Waals surface area contributed by atoms with Gasteiger partial charge in [0.1, 0.15) is 5.82 Å². The second-order valence-electron chi connectivity index (χ2n) is 5.18. The van der Waals surface area contributed by atoms with Crippen molar-refractivity contribution < 1.29 is 4.79 Å². The van der Waals surface area contributed by atoms with Crippen LogP contribution in [0.3, 0.4) is 0 Å². The van der Waals surface area contributed by atoms with E-state index in [9.17, 15) is 4.79 Å². The van der Waals surface area contributed by atoms with Gasteiger partial charge in [0, 0.05) is 55.9 Å². The van der Waals surface area contributed by atoms with Crippen molar-refractivity contribution in [2.45, 2.75) is 6.54 Å². The van der Waals surface area contributed by atoms with Gasteiger partial charge in [-0.25, -0.2) is 4.98 Å². The van der Waals surface area contributed by atoms with E-state index in [0.29, 0.717) is 18.7 Å². The minimum absolute atomic E-state index is 0.0256. The highest BCUT2D eigenvalue weighted by Crippen LogP contribution is 2.23. The molecule has 0 saturated heterocycles. The maximum Gasteiger partial charge on any atom is 0.254 e. The van der Waals surface area contributed by atoms with Crippen LogP contribution in [-0.4, -0.2) is 40.4 Å². The summed E-state index contributed by atoms with van der Waals surface area (Å²) < 4.78 is 0. The first-order valence-corrected chi connectivity index (χ1v) is 7.28. The molecular formula is C17H18N4O. The average Bonchev–Trinajstić information content (AvgIpc) is 2.75. The molecule has 0 saturated carbocycles. The summed E-state index contributed by atoms with van der Waals surface area (Å²) in [4.78, 5) is 25.1. The van der Waals surface area contributed by atoms with E-state index in [2.05, 4.69) is 21.4 Å². The van der Waals surface area contributed by atoms with E-state index in [0.717, 1.165) is 24.5 Å². The summed E-state index contributed by atoms with van der Waals surface area (Å²) in [5.41, 5.74) is 1.72. The van der Waals surface area contributed by atoms with Crippen LogP contribution in [0.5, 0.6) is 0 Å². The van der Waals surface area contributed by atoms with Crippen molar-refractivity contribution in [3.63, 3.8) is 0 Å². The van der Waals surface area contributed by atoms with Crippen LogP contribution in [-0.2, 0) is 6.54 Å². The number of hydrogen-bond acceptors (Lipinski definition) is 4. The van der Waals surface area contributed by atoms with E-state index in [1.807, 2.05) is 23.1 Å². The lowest BCUT2D eigenvalue weighted by Gasteiger charge is -2.22. The van der Waals surface area contributed by atoms with Gasteiger partial charge < -0.3 is 9.80 Å². The monoisotopic (exact) mass is 294 g/mol. The highest BCUT2D eigenvalue weighted by atomic mass is 16.2.